The summed E-state index contributed by atoms with van der Waals surface area (Å²) in [6, 6.07) is 12.6. The van der Waals surface area contributed by atoms with Crippen molar-refractivity contribution >= 4 is 11.5 Å². The van der Waals surface area contributed by atoms with Crippen LogP contribution in [0, 0.1) is 6.92 Å². The first-order valence-electron chi connectivity index (χ1n) is 6.66. The molecule has 3 heteroatoms. The highest BCUT2D eigenvalue weighted by Crippen LogP contribution is 2.22. The van der Waals surface area contributed by atoms with Crippen molar-refractivity contribution in [2.24, 2.45) is 0 Å². The fourth-order valence-corrected chi connectivity index (χ4v) is 1.99. The Labute approximate surface area is 115 Å². The number of hydrogen-bond acceptors (Lipinski definition) is 3. The molecular weight excluding hydrogens is 234 g/mol. The standard InChI is InChI=1S/C16H21N3/c1-4-17-12-14-8-9-18-16(11-14)19(3)15-7-5-6-13(2)10-15/h5-11,17H,4,12H2,1-3H3. The van der Waals surface area contributed by atoms with Gasteiger partial charge in [0.2, 0.25) is 0 Å². The smallest absolute Gasteiger partial charge is 0.132 e. The number of benzene rings is 1. The number of nitrogens with one attached hydrogen (secondary N) is 1. The molecule has 0 aliphatic carbocycles. The lowest BCUT2D eigenvalue weighted by Gasteiger charge is -2.19. The molecule has 2 aromatic rings. The zero-order valence-electron chi connectivity index (χ0n) is 11.9. The molecule has 0 aliphatic rings. The van der Waals surface area contributed by atoms with E-state index in [1.165, 1.54) is 11.1 Å². The van der Waals surface area contributed by atoms with E-state index in [-0.39, 0.29) is 0 Å². The highest BCUT2D eigenvalue weighted by atomic mass is 15.2. The van der Waals surface area contributed by atoms with Gasteiger partial charge in [-0.3, -0.25) is 0 Å². The van der Waals surface area contributed by atoms with Crippen LogP contribution >= 0.6 is 0 Å². The maximum Gasteiger partial charge on any atom is 0.132 e. The molecule has 3 nitrogen and oxygen atoms in total. The van der Waals surface area contributed by atoms with Crippen molar-refractivity contribution < 1.29 is 0 Å². The Bertz CT molecular complexity index is 537. The van der Waals surface area contributed by atoms with Gasteiger partial charge in [0, 0.05) is 25.5 Å². The van der Waals surface area contributed by atoms with Crippen molar-refractivity contribution in [1.29, 1.82) is 0 Å². The summed E-state index contributed by atoms with van der Waals surface area (Å²) in [7, 11) is 2.05. The minimum absolute atomic E-state index is 0.883. The topological polar surface area (TPSA) is 28.2 Å². The molecule has 0 fully saturated rings. The van der Waals surface area contributed by atoms with Crippen molar-refractivity contribution in [3.8, 4) is 0 Å². The van der Waals surface area contributed by atoms with Gasteiger partial charge < -0.3 is 10.2 Å². The minimum atomic E-state index is 0.883. The number of anilines is 2. The van der Waals surface area contributed by atoms with Crippen LogP contribution in [-0.2, 0) is 6.54 Å². The zero-order chi connectivity index (χ0) is 13.7. The molecule has 0 spiro atoms. The molecule has 1 heterocycles. The summed E-state index contributed by atoms with van der Waals surface area (Å²) in [5.41, 5.74) is 3.67. The van der Waals surface area contributed by atoms with Crippen LogP contribution in [0.1, 0.15) is 18.1 Å². The first-order chi connectivity index (χ1) is 9.20. The van der Waals surface area contributed by atoms with E-state index < -0.39 is 0 Å². The predicted molar refractivity (Wildman–Crippen MR) is 80.9 cm³/mol. The van der Waals surface area contributed by atoms with E-state index in [2.05, 4.69) is 65.4 Å². The second kappa shape index (κ2) is 6.34. The molecule has 0 saturated carbocycles. The normalized spacial score (nSPS) is 10.5. The Hall–Kier alpha value is -1.87. The monoisotopic (exact) mass is 255 g/mol. The Balaban J connectivity index is 2.21. The van der Waals surface area contributed by atoms with Gasteiger partial charge in [0.05, 0.1) is 0 Å². The van der Waals surface area contributed by atoms with Crippen molar-refractivity contribution in [1.82, 2.24) is 10.3 Å². The van der Waals surface area contributed by atoms with Crippen LogP contribution in [0.15, 0.2) is 42.6 Å². The average Bonchev–Trinajstić information content (AvgIpc) is 2.44. The third-order valence-electron chi connectivity index (χ3n) is 3.12. The summed E-state index contributed by atoms with van der Waals surface area (Å²) < 4.78 is 0. The Morgan fingerprint density at radius 3 is 2.79 bits per heavy atom. The van der Waals surface area contributed by atoms with Crippen molar-refractivity contribution in [3.05, 3.63) is 53.7 Å². The molecule has 0 atom stereocenters. The summed E-state index contributed by atoms with van der Waals surface area (Å²) in [4.78, 5) is 6.57. The van der Waals surface area contributed by atoms with Gasteiger partial charge in [-0.05, 0) is 48.9 Å². The maximum absolute atomic E-state index is 4.45. The molecule has 0 aliphatic heterocycles. The van der Waals surface area contributed by atoms with Crippen LogP contribution < -0.4 is 10.2 Å². The van der Waals surface area contributed by atoms with Crippen molar-refractivity contribution in [2.45, 2.75) is 20.4 Å². The lowest BCUT2D eigenvalue weighted by atomic mass is 10.2. The van der Waals surface area contributed by atoms with Crippen LogP contribution in [0.5, 0.6) is 0 Å². The van der Waals surface area contributed by atoms with Crippen molar-refractivity contribution in [2.75, 3.05) is 18.5 Å². The molecule has 0 radical (unpaired) electrons. The number of aromatic nitrogens is 1. The highest BCUT2D eigenvalue weighted by Gasteiger charge is 2.06. The van der Waals surface area contributed by atoms with E-state index in [0.717, 1.165) is 24.6 Å². The molecule has 0 saturated heterocycles. The molecule has 1 aromatic carbocycles. The molecule has 2 rings (SSSR count). The molecule has 100 valence electrons. The number of hydrogen-bond donors (Lipinski definition) is 1. The summed E-state index contributed by atoms with van der Waals surface area (Å²) >= 11 is 0. The van der Waals surface area contributed by atoms with E-state index in [0.29, 0.717) is 0 Å². The third kappa shape index (κ3) is 3.55. The largest absolute Gasteiger partial charge is 0.329 e. The average molecular weight is 255 g/mol. The second-order valence-electron chi connectivity index (χ2n) is 4.70. The molecule has 1 N–H and O–H groups in total. The predicted octanol–water partition coefficient (Wildman–Crippen LogP) is 3.27. The summed E-state index contributed by atoms with van der Waals surface area (Å²) in [6.07, 6.45) is 1.87. The Morgan fingerprint density at radius 2 is 2.05 bits per heavy atom. The van der Waals surface area contributed by atoms with Crippen molar-refractivity contribution in [3.63, 3.8) is 0 Å². The fraction of sp³-hybridized carbons (Fsp3) is 0.312. The first kappa shape index (κ1) is 13.6. The van der Waals surface area contributed by atoms with Gasteiger partial charge in [-0.1, -0.05) is 19.1 Å². The molecule has 0 amide bonds. The van der Waals surface area contributed by atoms with E-state index in [4.69, 9.17) is 0 Å². The Kier molecular flexibility index (Phi) is 4.53. The summed E-state index contributed by atoms with van der Waals surface area (Å²) in [6.45, 7) is 6.08. The fourth-order valence-electron chi connectivity index (χ4n) is 1.99. The van der Waals surface area contributed by atoms with Gasteiger partial charge in [-0.25, -0.2) is 4.98 Å². The Morgan fingerprint density at radius 1 is 1.21 bits per heavy atom. The lowest BCUT2D eigenvalue weighted by Crippen LogP contribution is -2.14. The van der Waals surface area contributed by atoms with Gasteiger partial charge in [0.15, 0.2) is 0 Å². The van der Waals surface area contributed by atoms with E-state index in [1.54, 1.807) is 0 Å². The van der Waals surface area contributed by atoms with Crippen LogP contribution in [0.25, 0.3) is 0 Å². The highest BCUT2D eigenvalue weighted by molar-refractivity contribution is 5.60. The number of pyridine rings is 1. The van der Waals surface area contributed by atoms with Crippen LogP contribution in [0.3, 0.4) is 0 Å². The first-order valence-corrected chi connectivity index (χ1v) is 6.66. The third-order valence-corrected chi connectivity index (χ3v) is 3.12. The second-order valence-corrected chi connectivity index (χ2v) is 4.70. The van der Waals surface area contributed by atoms with E-state index in [1.807, 2.05) is 13.2 Å². The number of rotatable bonds is 5. The lowest BCUT2D eigenvalue weighted by molar-refractivity contribution is 0.726. The van der Waals surface area contributed by atoms with E-state index in [9.17, 15) is 0 Å². The zero-order valence-corrected chi connectivity index (χ0v) is 11.9. The van der Waals surface area contributed by atoms with Gasteiger partial charge in [0.1, 0.15) is 5.82 Å². The van der Waals surface area contributed by atoms with Crippen LogP contribution in [0.2, 0.25) is 0 Å². The van der Waals surface area contributed by atoms with Crippen LogP contribution in [0.4, 0.5) is 11.5 Å². The van der Waals surface area contributed by atoms with Gasteiger partial charge in [-0.15, -0.1) is 0 Å². The molecule has 19 heavy (non-hydrogen) atoms. The molecule has 1 aromatic heterocycles. The SMILES string of the molecule is CCNCc1ccnc(N(C)c2cccc(C)c2)c1. The van der Waals surface area contributed by atoms with Gasteiger partial charge in [-0.2, -0.15) is 0 Å². The summed E-state index contributed by atoms with van der Waals surface area (Å²) in [5, 5.41) is 3.33. The van der Waals surface area contributed by atoms with Crippen LogP contribution in [-0.4, -0.2) is 18.6 Å². The quantitative estimate of drug-likeness (QED) is 0.888. The van der Waals surface area contributed by atoms with E-state index >= 15 is 0 Å². The molecule has 0 unspecified atom stereocenters. The molecule has 0 bridgehead atoms. The minimum Gasteiger partial charge on any atom is -0.329 e. The van der Waals surface area contributed by atoms with Gasteiger partial charge >= 0.3 is 0 Å². The molecular formula is C16H21N3. The summed E-state index contributed by atoms with van der Waals surface area (Å²) in [5.74, 6) is 0.973. The maximum atomic E-state index is 4.45. The van der Waals surface area contributed by atoms with Gasteiger partial charge in [0.25, 0.3) is 0 Å². The number of nitrogens with zero attached hydrogens (tertiary/aromatic N) is 2. The number of aryl methyl sites for hydroxylation is 1.